The molecule has 3 nitrogen and oxygen atoms in total. The van der Waals surface area contributed by atoms with Crippen molar-refractivity contribution in [2.45, 2.75) is 63.6 Å². The molecule has 0 aromatic heterocycles. The minimum Gasteiger partial charge on any atom is -0.326 e. The SMILES string of the molecule is CC1CCC(N)C(N2CCCN3CCCC3C2)C1. The third-order valence-electron chi connectivity index (χ3n) is 5.43. The van der Waals surface area contributed by atoms with E-state index in [2.05, 4.69) is 16.7 Å². The van der Waals surface area contributed by atoms with Crippen LogP contribution >= 0.6 is 0 Å². The first-order chi connectivity index (χ1) is 8.74. The molecule has 0 bridgehead atoms. The summed E-state index contributed by atoms with van der Waals surface area (Å²) in [6.07, 6.45) is 8.05. The quantitative estimate of drug-likeness (QED) is 0.769. The lowest BCUT2D eigenvalue weighted by molar-refractivity contribution is 0.107. The molecule has 104 valence electrons. The summed E-state index contributed by atoms with van der Waals surface area (Å²) in [7, 11) is 0. The highest BCUT2D eigenvalue weighted by Gasteiger charge is 2.35. The fourth-order valence-corrected chi connectivity index (χ4v) is 4.33. The topological polar surface area (TPSA) is 32.5 Å². The van der Waals surface area contributed by atoms with E-state index in [1.165, 1.54) is 64.7 Å². The summed E-state index contributed by atoms with van der Waals surface area (Å²) in [6.45, 7) is 7.62. The molecule has 3 aliphatic rings. The second-order valence-electron chi connectivity index (χ2n) is 6.83. The number of nitrogens with zero attached hydrogens (tertiary/aromatic N) is 2. The van der Waals surface area contributed by atoms with Crippen LogP contribution in [-0.2, 0) is 0 Å². The highest BCUT2D eigenvalue weighted by molar-refractivity contribution is 4.93. The van der Waals surface area contributed by atoms with Crippen molar-refractivity contribution in [3.05, 3.63) is 0 Å². The molecule has 2 aliphatic heterocycles. The van der Waals surface area contributed by atoms with Crippen molar-refractivity contribution in [2.24, 2.45) is 11.7 Å². The van der Waals surface area contributed by atoms with Gasteiger partial charge in [-0.05, 0) is 64.1 Å². The number of hydrogen-bond acceptors (Lipinski definition) is 3. The number of fused-ring (bicyclic) bond motifs is 1. The normalized spacial score (nSPS) is 43.7. The Balaban J connectivity index is 1.66. The van der Waals surface area contributed by atoms with Crippen molar-refractivity contribution in [2.75, 3.05) is 26.2 Å². The van der Waals surface area contributed by atoms with Crippen molar-refractivity contribution in [3.63, 3.8) is 0 Å². The van der Waals surface area contributed by atoms with Gasteiger partial charge in [-0.2, -0.15) is 0 Å². The van der Waals surface area contributed by atoms with Crippen molar-refractivity contribution in [3.8, 4) is 0 Å². The first-order valence-electron chi connectivity index (χ1n) is 7.97. The molecule has 18 heavy (non-hydrogen) atoms. The fourth-order valence-electron chi connectivity index (χ4n) is 4.33. The molecule has 3 fully saturated rings. The van der Waals surface area contributed by atoms with Crippen molar-refractivity contribution in [1.29, 1.82) is 0 Å². The van der Waals surface area contributed by atoms with Crippen molar-refractivity contribution in [1.82, 2.24) is 9.80 Å². The third kappa shape index (κ3) is 2.59. The molecule has 1 aliphatic carbocycles. The van der Waals surface area contributed by atoms with Crippen LogP contribution in [0.3, 0.4) is 0 Å². The summed E-state index contributed by atoms with van der Waals surface area (Å²) in [6, 6.07) is 1.92. The molecule has 3 rings (SSSR count). The van der Waals surface area contributed by atoms with Gasteiger partial charge in [-0.25, -0.2) is 0 Å². The van der Waals surface area contributed by atoms with Crippen LogP contribution in [0.4, 0.5) is 0 Å². The molecule has 3 heteroatoms. The van der Waals surface area contributed by atoms with Gasteiger partial charge in [0, 0.05) is 24.7 Å². The van der Waals surface area contributed by atoms with E-state index in [0.717, 1.165) is 12.0 Å². The third-order valence-corrected chi connectivity index (χ3v) is 5.43. The smallest absolute Gasteiger partial charge is 0.0250 e. The van der Waals surface area contributed by atoms with E-state index >= 15 is 0 Å². The summed E-state index contributed by atoms with van der Waals surface area (Å²) >= 11 is 0. The fraction of sp³-hybridized carbons (Fsp3) is 1.00. The molecular formula is C15H29N3. The molecule has 4 unspecified atom stereocenters. The monoisotopic (exact) mass is 251 g/mol. The maximum absolute atomic E-state index is 6.40. The van der Waals surface area contributed by atoms with Crippen LogP contribution in [0.15, 0.2) is 0 Å². The average Bonchev–Trinajstić information content (AvgIpc) is 2.70. The van der Waals surface area contributed by atoms with Gasteiger partial charge in [0.25, 0.3) is 0 Å². The zero-order valence-electron chi connectivity index (χ0n) is 11.9. The van der Waals surface area contributed by atoms with Crippen LogP contribution in [0, 0.1) is 5.92 Å². The summed E-state index contributed by atoms with van der Waals surface area (Å²) in [5, 5.41) is 0. The average molecular weight is 251 g/mol. The van der Waals surface area contributed by atoms with Gasteiger partial charge in [0.05, 0.1) is 0 Å². The van der Waals surface area contributed by atoms with E-state index in [4.69, 9.17) is 5.73 Å². The van der Waals surface area contributed by atoms with Crippen molar-refractivity contribution < 1.29 is 0 Å². The Bertz CT molecular complexity index is 281. The van der Waals surface area contributed by atoms with Crippen LogP contribution in [0.5, 0.6) is 0 Å². The van der Waals surface area contributed by atoms with Crippen LogP contribution < -0.4 is 5.73 Å². The summed E-state index contributed by atoms with van der Waals surface area (Å²) in [5.41, 5.74) is 6.40. The zero-order chi connectivity index (χ0) is 12.5. The van der Waals surface area contributed by atoms with Gasteiger partial charge in [0.2, 0.25) is 0 Å². The summed E-state index contributed by atoms with van der Waals surface area (Å²) < 4.78 is 0. The maximum atomic E-state index is 6.40. The summed E-state index contributed by atoms with van der Waals surface area (Å²) in [4.78, 5) is 5.47. The Kier molecular flexibility index (Phi) is 3.92. The Labute approximate surface area is 112 Å². The molecule has 4 atom stereocenters. The minimum atomic E-state index is 0.425. The Morgan fingerprint density at radius 2 is 1.72 bits per heavy atom. The Morgan fingerprint density at radius 1 is 0.944 bits per heavy atom. The van der Waals surface area contributed by atoms with Gasteiger partial charge in [0.1, 0.15) is 0 Å². The molecule has 2 N–H and O–H groups in total. The molecular weight excluding hydrogens is 222 g/mol. The van der Waals surface area contributed by atoms with E-state index in [-0.39, 0.29) is 0 Å². The molecule has 1 saturated carbocycles. The predicted molar refractivity (Wildman–Crippen MR) is 75.6 cm³/mol. The lowest BCUT2D eigenvalue weighted by atomic mass is 9.82. The van der Waals surface area contributed by atoms with Gasteiger partial charge in [-0.3, -0.25) is 9.80 Å². The second kappa shape index (κ2) is 5.48. The van der Waals surface area contributed by atoms with Crippen LogP contribution in [0.2, 0.25) is 0 Å². The first-order valence-corrected chi connectivity index (χ1v) is 7.97. The molecule has 0 aromatic rings. The Hall–Kier alpha value is -0.120. The van der Waals surface area contributed by atoms with Gasteiger partial charge in [0.15, 0.2) is 0 Å². The second-order valence-corrected chi connectivity index (χ2v) is 6.83. The van der Waals surface area contributed by atoms with Crippen LogP contribution in [-0.4, -0.2) is 54.1 Å². The number of hydrogen-bond donors (Lipinski definition) is 1. The van der Waals surface area contributed by atoms with E-state index in [9.17, 15) is 0 Å². The highest BCUT2D eigenvalue weighted by Crippen LogP contribution is 2.30. The predicted octanol–water partition coefficient (Wildman–Crippen LogP) is 1.67. The van der Waals surface area contributed by atoms with Gasteiger partial charge >= 0.3 is 0 Å². The molecule has 2 saturated heterocycles. The van der Waals surface area contributed by atoms with Gasteiger partial charge in [-0.15, -0.1) is 0 Å². The molecule has 2 heterocycles. The largest absolute Gasteiger partial charge is 0.326 e. The molecule has 0 aromatic carbocycles. The Morgan fingerprint density at radius 3 is 2.61 bits per heavy atom. The lowest BCUT2D eigenvalue weighted by Gasteiger charge is -2.41. The van der Waals surface area contributed by atoms with E-state index in [1.807, 2.05) is 0 Å². The standard InChI is InChI=1S/C15H29N3/c1-12-5-6-14(16)15(10-12)18-9-3-8-17-7-2-4-13(17)11-18/h12-15H,2-11,16H2,1H3. The molecule has 0 spiro atoms. The minimum absolute atomic E-state index is 0.425. The van der Waals surface area contributed by atoms with Gasteiger partial charge in [-0.1, -0.05) is 6.92 Å². The molecule has 0 radical (unpaired) electrons. The van der Waals surface area contributed by atoms with E-state index in [0.29, 0.717) is 12.1 Å². The van der Waals surface area contributed by atoms with Crippen LogP contribution in [0.25, 0.3) is 0 Å². The number of rotatable bonds is 1. The first kappa shape index (κ1) is 12.9. The van der Waals surface area contributed by atoms with Crippen molar-refractivity contribution >= 4 is 0 Å². The maximum Gasteiger partial charge on any atom is 0.0250 e. The molecule has 0 amide bonds. The highest BCUT2D eigenvalue weighted by atomic mass is 15.3. The number of nitrogens with two attached hydrogens (primary N) is 1. The van der Waals surface area contributed by atoms with E-state index in [1.54, 1.807) is 0 Å². The lowest BCUT2D eigenvalue weighted by Crippen LogP contribution is -2.53. The zero-order valence-corrected chi connectivity index (χ0v) is 11.9. The summed E-state index contributed by atoms with van der Waals surface area (Å²) in [5.74, 6) is 0.873. The van der Waals surface area contributed by atoms with Crippen LogP contribution in [0.1, 0.15) is 45.4 Å². The van der Waals surface area contributed by atoms with E-state index < -0.39 is 0 Å². The van der Waals surface area contributed by atoms with Gasteiger partial charge < -0.3 is 5.73 Å².